The molecule has 0 fully saturated rings. The van der Waals surface area contributed by atoms with Gasteiger partial charge >= 0.3 is 6.16 Å². The number of ether oxygens (including phenoxy) is 2. The number of aromatic nitrogens is 2. The van der Waals surface area contributed by atoms with Crippen molar-refractivity contribution >= 4 is 46.9 Å². The number of carbonyl (C=O) groups is 1. The Morgan fingerprint density at radius 2 is 1.96 bits per heavy atom. The summed E-state index contributed by atoms with van der Waals surface area (Å²) in [4.78, 5) is 29.6. The van der Waals surface area contributed by atoms with Gasteiger partial charge in [-0.3, -0.25) is 20.1 Å². The number of nitro groups is 1. The number of hydrogen-bond donors (Lipinski definition) is 0. The minimum Gasteiger partial charge on any atom is -0.428 e. The summed E-state index contributed by atoms with van der Waals surface area (Å²) in [5.41, 5.74) is 3.34. The number of hydrogen-bond acceptors (Lipinski definition) is 9. The van der Waals surface area contributed by atoms with Crippen LogP contribution in [0.15, 0.2) is 53.1 Å². The Morgan fingerprint density at radius 3 is 2.44 bits per heavy atom. The number of nitro benzene ring substituents is 1. The van der Waals surface area contributed by atoms with E-state index >= 15 is 0 Å². The van der Waals surface area contributed by atoms with E-state index in [1.807, 2.05) is 5.38 Å². The van der Waals surface area contributed by atoms with Crippen LogP contribution in [0.1, 0.15) is 4.88 Å². The number of carbonyl (C=O) groups excluding carboxylic acids is 1. The number of thiazole rings is 2. The fraction of sp³-hybridized carbons (Fsp3) is 0.0714. The average Bonchev–Trinajstić information content (AvgIpc) is 3.29. The zero-order valence-corrected chi connectivity index (χ0v) is 15.0. The topological polar surface area (TPSA) is 104 Å². The van der Waals surface area contributed by atoms with Gasteiger partial charge in [0.05, 0.1) is 20.8 Å². The van der Waals surface area contributed by atoms with Gasteiger partial charge in [-0.05, 0) is 12.1 Å². The molecule has 0 aliphatic heterocycles. The Hall–Kier alpha value is -2.56. The molecule has 0 atom stereocenters. The lowest BCUT2D eigenvalue weighted by Gasteiger charge is -2.04. The van der Waals surface area contributed by atoms with Gasteiger partial charge in [0.15, 0.2) is 0 Å². The van der Waals surface area contributed by atoms with Crippen molar-refractivity contribution < 1.29 is 19.2 Å². The van der Waals surface area contributed by atoms with E-state index in [9.17, 15) is 14.9 Å². The molecule has 25 heavy (non-hydrogen) atoms. The maximum Gasteiger partial charge on any atom is 0.514 e. The summed E-state index contributed by atoms with van der Waals surface area (Å²) in [6.45, 7) is 0.0798. The molecule has 132 valence electrons. The number of nitrogens with zero attached hydrogens (tertiary/aromatic N) is 3. The second kappa shape index (κ2) is 11.1. The van der Waals surface area contributed by atoms with E-state index in [1.165, 1.54) is 35.6 Å². The van der Waals surface area contributed by atoms with Gasteiger partial charge in [-0.2, -0.15) is 0 Å². The van der Waals surface area contributed by atoms with Gasteiger partial charge in [-0.1, -0.05) is 0 Å². The number of halogens is 1. The highest BCUT2D eigenvalue weighted by Gasteiger charge is 2.09. The van der Waals surface area contributed by atoms with Crippen LogP contribution in [0.3, 0.4) is 0 Å². The van der Waals surface area contributed by atoms with Crippen LogP contribution in [0.5, 0.6) is 5.75 Å². The lowest BCUT2D eigenvalue weighted by Crippen LogP contribution is -2.09. The first-order chi connectivity index (χ1) is 11.6. The second-order valence-electron chi connectivity index (χ2n) is 4.04. The molecule has 2 aromatic heterocycles. The third-order valence-corrected chi connectivity index (χ3v) is 3.69. The Morgan fingerprint density at radius 1 is 1.20 bits per heavy atom. The molecule has 0 radical (unpaired) electrons. The molecule has 8 nitrogen and oxygen atoms in total. The Labute approximate surface area is 156 Å². The molecule has 0 aliphatic rings. The normalized spacial score (nSPS) is 9.12. The van der Waals surface area contributed by atoms with Crippen molar-refractivity contribution in [1.29, 1.82) is 0 Å². The molecule has 0 saturated carbocycles. The summed E-state index contributed by atoms with van der Waals surface area (Å²) >= 11 is 2.96. The zero-order chi connectivity index (χ0) is 17.2. The molecular weight excluding hydrogens is 390 g/mol. The van der Waals surface area contributed by atoms with Crippen LogP contribution in [0.4, 0.5) is 10.5 Å². The van der Waals surface area contributed by atoms with Gasteiger partial charge in [0.1, 0.15) is 12.4 Å². The highest BCUT2D eigenvalue weighted by Crippen LogP contribution is 2.18. The van der Waals surface area contributed by atoms with E-state index in [-0.39, 0.29) is 30.5 Å². The van der Waals surface area contributed by atoms with E-state index in [1.54, 1.807) is 34.8 Å². The van der Waals surface area contributed by atoms with Crippen molar-refractivity contribution in [2.75, 3.05) is 0 Å². The quantitative estimate of drug-likeness (QED) is 0.277. The summed E-state index contributed by atoms with van der Waals surface area (Å²) in [7, 11) is 0. The number of non-ortho nitro benzene ring substituents is 1. The first-order valence-corrected chi connectivity index (χ1v) is 8.26. The summed E-state index contributed by atoms with van der Waals surface area (Å²) in [6, 6.07) is 5.13. The minimum absolute atomic E-state index is 0. The van der Waals surface area contributed by atoms with E-state index in [0.29, 0.717) is 0 Å². The molecule has 0 amide bonds. The smallest absolute Gasteiger partial charge is 0.428 e. The van der Waals surface area contributed by atoms with Gasteiger partial charge in [-0.25, -0.2) is 4.79 Å². The molecule has 0 saturated heterocycles. The maximum absolute atomic E-state index is 11.3. The lowest BCUT2D eigenvalue weighted by molar-refractivity contribution is -0.384. The molecule has 11 heteroatoms. The molecule has 0 unspecified atom stereocenters. The van der Waals surface area contributed by atoms with Gasteiger partial charge < -0.3 is 9.47 Å². The fourth-order valence-corrected chi connectivity index (χ4v) is 2.24. The highest BCUT2D eigenvalue weighted by atomic mass is 35.5. The van der Waals surface area contributed by atoms with Crippen LogP contribution in [-0.2, 0) is 11.3 Å². The molecule has 3 aromatic rings. The van der Waals surface area contributed by atoms with Crippen LogP contribution >= 0.6 is 35.1 Å². The number of rotatable bonds is 4. The summed E-state index contributed by atoms with van der Waals surface area (Å²) in [6.07, 6.45) is 2.48. The Balaban J connectivity index is 0.000000448. The molecule has 0 N–H and O–H groups in total. The van der Waals surface area contributed by atoms with Crippen molar-refractivity contribution in [2.45, 2.75) is 6.61 Å². The largest absolute Gasteiger partial charge is 0.514 e. The minimum atomic E-state index is -0.873. The lowest BCUT2D eigenvalue weighted by atomic mass is 10.3. The Kier molecular flexibility index (Phi) is 9.07. The van der Waals surface area contributed by atoms with Crippen molar-refractivity contribution in [1.82, 2.24) is 9.97 Å². The monoisotopic (exact) mass is 401 g/mol. The van der Waals surface area contributed by atoms with E-state index in [4.69, 9.17) is 9.47 Å². The summed E-state index contributed by atoms with van der Waals surface area (Å²) < 4.78 is 9.69. The van der Waals surface area contributed by atoms with Crippen LogP contribution in [-0.4, -0.2) is 21.0 Å². The fourth-order valence-electron chi connectivity index (χ4n) is 1.38. The maximum atomic E-state index is 11.3. The molecule has 2 heterocycles. The Bertz CT molecular complexity index is 734. The van der Waals surface area contributed by atoms with Crippen molar-refractivity contribution in [3.63, 3.8) is 0 Å². The molecular formula is C14H12ClN3O5S2. The van der Waals surface area contributed by atoms with Crippen LogP contribution in [0, 0.1) is 10.1 Å². The summed E-state index contributed by atoms with van der Waals surface area (Å²) in [5, 5.41) is 12.4. The molecule has 1 aromatic carbocycles. The van der Waals surface area contributed by atoms with Crippen LogP contribution in [0.2, 0.25) is 0 Å². The van der Waals surface area contributed by atoms with E-state index in [2.05, 4.69) is 9.97 Å². The van der Waals surface area contributed by atoms with Gasteiger partial charge in [0, 0.05) is 29.9 Å². The first kappa shape index (κ1) is 20.5. The van der Waals surface area contributed by atoms with Crippen molar-refractivity contribution in [3.8, 4) is 5.75 Å². The van der Waals surface area contributed by atoms with Gasteiger partial charge in [0.2, 0.25) is 0 Å². The predicted octanol–water partition coefficient (Wildman–Crippen LogP) is 4.33. The van der Waals surface area contributed by atoms with Crippen molar-refractivity contribution in [2.24, 2.45) is 0 Å². The zero-order valence-electron chi connectivity index (χ0n) is 12.5. The third-order valence-electron chi connectivity index (χ3n) is 2.41. The molecule has 0 aliphatic carbocycles. The standard InChI is InChI=1S/C11H8N2O5S.C3H3NS.ClH/c14-11(17-6-10-5-12-7-19-10)18-9-3-1-8(2-4-9)13(15)16;1-2-5-3-4-1;/h1-5,7H,6H2;1-3H;1H. The first-order valence-electron chi connectivity index (χ1n) is 6.43. The number of benzene rings is 1. The molecule has 3 rings (SSSR count). The third kappa shape index (κ3) is 7.70. The summed E-state index contributed by atoms with van der Waals surface area (Å²) in [5.74, 6) is 0.180. The predicted molar refractivity (Wildman–Crippen MR) is 95.4 cm³/mol. The molecule has 0 spiro atoms. The van der Waals surface area contributed by atoms with E-state index < -0.39 is 11.1 Å². The van der Waals surface area contributed by atoms with Gasteiger partial charge in [0.25, 0.3) is 5.69 Å². The SMILES string of the molecule is Cl.O=C(OCc1cncs1)Oc1ccc([N+](=O)[O-])cc1.c1cscn1. The second-order valence-corrected chi connectivity index (χ2v) is 5.76. The van der Waals surface area contributed by atoms with Crippen molar-refractivity contribution in [3.05, 3.63) is 68.1 Å². The van der Waals surface area contributed by atoms with Gasteiger partial charge in [-0.15, -0.1) is 35.1 Å². The average molecular weight is 402 g/mol. The molecule has 0 bridgehead atoms. The van der Waals surface area contributed by atoms with Crippen LogP contribution < -0.4 is 4.74 Å². The van der Waals surface area contributed by atoms with E-state index in [0.717, 1.165) is 4.88 Å². The highest BCUT2D eigenvalue weighted by molar-refractivity contribution is 7.09. The van der Waals surface area contributed by atoms with Crippen LogP contribution in [0.25, 0.3) is 0 Å².